The van der Waals surface area contributed by atoms with Gasteiger partial charge in [0.1, 0.15) is 36.4 Å². The van der Waals surface area contributed by atoms with Crippen LogP contribution in [0.1, 0.15) is 5.56 Å². The van der Waals surface area contributed by atoms with E-state index in [1.54, 1.807) is 36.4 Å². The zero-order valence-electron chi connectivity index (χ0n) is 17.5. The van der Waals surface area contributed by atoms with E-state index in [2.05, 4.69) is 14.7 Å². The number of para-hydroxylation sites is 1. The van der Waals surface area contributed by atoms with E-state index in [4.69, 9.17) is 32.7 Å². The minimum Gasteiger partial charge on any atom is -0.488 e. The van der Waals surface area contributed by atoms with Crippen molar-refractivity contribution < 1.29 is 22.7 Å². The zero-order chi connectivity index (χ0) is 24.7. The summed E-state index contributed by atoms with van der Waals surface area (Å²) in [5.74, 6) is 0.168. The zero-order valence-corrected chi connectivity index (χ0v) is 20.6. The van der Waals surface area contributed by atoms with Crippen molar-refractivity contribution in [3.63, 3.8) is 0 Å². The number of carbonyl (C=O) groups is 1. The lowest BCUT2D eigenvalue weighted by molar-refractivity contribution is -0.112. The minimum absolute atomic E-state index is 0.0487. The highest BCUT2D eigenvalue weighted by atomic mass is 35.5. The second kappa shape index (κ2) is 11.3. The number of ether oxygens (including phenoxy) is 2. The van der Waals surface area contributed by atoms with Gasteiger partial charge in [0, 0.05) is 17.8 Å². The van der Waals surface area contributed by atoms with Crippen LogP contribution in [0.4, 0.5) is 5.13 Å². The fourth-order valence-electron chi connectivity index (χ4n) is 2.48. The summed E-state index contributed by atoms with van der Waals surface area (Å²) in [6.45, 7) is 0.455. The Bertz CT molecular complexity index is 1380. The van der Waals surface area contributed by atoms with Gasteiger partial charge < -0.3 is 9.47 Å². The molecule has 0 aliphatic heterocycles. The Morgan fingerprint density at radius 3 is 2.41 bits per heavy atom. The highest BCUT2D eigenvalue weighted by molar-refractivity contribution is 7.90. The van der Waals surface area contributed by atoms with Crippen LogP contribution in [0.25, 0.3) is 6.08 Å². The number of anilines is 1. The van der Waals surface area contributed by atoms with Gasteiger partial charge in [0.15, 0.2) is 0 Å². The first-order valence-electron chi connectivity index (χ1n) is 9.44. The number of halogens is 2. The van der Waals surface area contributed by atoms with Crippen LogP contribution in [0, 0.1) is 11.3 Å². The molecule has 0 fully saturated rings. The summed E-state index contributed by atoms with van der Waals surface area (Å²) in [7, 11) is -3.61. The summed E-state index contributed by atoms with van der Waals surface area (Å²) in [6, 6.07) is 13.6. The quantitative estimate of drug-likeness (QED) is 0.243. The Morgan fingerprint density at radius 1 is 1.15 bits per heavy atom. The van der Waals surface area contributed by atoms with E-state index in [0.717, 1.165) is 6.26 Å². The molecule has 2 aromatic carbocycles. The minimum atomic E-state index is -3.61. The molecule has 0 atom stereocenters. The first-order chi connectivity index (χ1) is 16.2. The van der Waals surface area contributed by atoms with Crippen molar-refractivity contribution in [1.82, 2.24) is 9.36 Å². The third-order valence-corrected chi connectivity index (χ3v) is 6.23. The topological polar surface area (TPSA) is 131 Å². The molecule has 0 radical (unpaired) electrons. The molecule has 1 aromatic heterocycles. The Balaban J connectivity index is 1.61. The number of nitrogens with zero attached hydrogens (tertiary/aromatic N) is 3. The van der Waals surface area contributed by atoms with Gasteiger partial charge in [0.05, 0.1) is 10.0 Å². The van der Waals surface area contributed by atoms with Crippen molar-refractivity contribution in [2.45, 2.75) is 5.16 Å². The maximum atomic E-state index is 12.4. The van der Waals surface area contributed by atoms with E-state index in [-0.39, 0.29) is 28.9 Å². The first-order valence-corrected chi connectivity index (χ1v) is 12.9. The summed E-state index contributed by atoms with van der Waals surface area (Å²) in [4.78, 5) is 16.1. The number of hydrogen-bond donors (Lipinski definition) is 1. The Kier molecular flexibility index (Phi) is 8.46. The normalized spacial score (nSPS) is 11.5. The molecule has 3 rings (SSSR count). The van der Waals surface area contributed by atoms with Crippen LogP contribution < -0.4 is 14.8 Å². The highest BCUT2D eigenvalue weighted by Gasteiger charge is 2.17. The van der Waals surface area contributed by atoms with Gasteiger partial charge in [-0.25, -0.2) is 8.42 Å². The third kappa shape index (κ3) is 6.91. The van der Waals surface area contributed by atoms with Crippen LogP contribution in [-0.4, -0.2) is 43.2 Å². The molecule has 34 heavy (non-hydrogen) atoms. The Labute approximate surface area is 209 Å². The largest absolute Gasteiger partial charge is 0.488 e. The van der Waals surface area contributed by atoms with Crippen LogP contribution in [0.2, 0.25) is 10.0 Å². The molecular weight excluding hydrogens is 523 g/mol. The van der Waals surface area contributed by atoms with Gasteiger partial charge in [-0.2, -0.15) is 14.6 Å². The van der Waals surface area contributed by atoms with Crippen molar-refractivity contribution in [1.29, 1.82) is 5.26 Å². The average molecular weight is 539 g/mol. The number of rotatable bonds is 9. The van der Waals surface area contributed by atoms with Gasteiger partial charge in [0.25, 0.3) is 11.1 Å². The SMILES string of the molecule is CS(=O)(=O)c1nsc(NC(=O)/C(C#N)=C\c2ccc(OCCOc3ccccc3Cl)c(Cl)c2)n1. The monoisotopic (exact) mass is 538 g/mol. The summed E-state index contributed by atoms with van der Waals surface area (Å²) in [5.41, 5.74) is 0.236. The van der Waals surface area contributed by atoms with E-state index in [9.17, 15) is 18.5 Å². The fraction of sp³-hybridized carbons (Fsp3) is 0.143. The maximum Gasteiger partial charge on any atom is 0.268 e. The smallest absolute Gasteiger partial charge is 0.268 e. The lowest BCUT2D eigenvalue weighted by Gasteiger charge is -2.11. The second-order valence-corrected chi connectivity index (χ2v) is 10.1. The molecule has 9 nitrogen and oxygen atoms in total. The summed E-state index contributed by atoms with van der Waals surface area (Å²) in [6.07, 6.45) is 2.27. The van der Waals surface area contributed by atoms with Crippen LogP contribution in [0.3, 0.4) is 0 Å². The van der Waals surface area contributed by atoms with Gasteiger partial charge >= 0.3 is 0 Å². The average Bonchev–Trinajstić information content (AvgIpc) is 3.26. The number of carbonyl (C=O) groups excluding carboxylic acids is 1. The molecule has 0 bridgehead atoms. The molecule has 1 amide bonds. The van der Waals surface area contributed by atoms with Crippen molar-refractivity contribution in [3.8, 4) is 17.6 Å². The van der Waals surface area contributed by atoms with Gasteiger partial charge in [0.2, 0.25) is 15.0 Å². The number of aromatic nitrogens is 2. The fourth-order valence-corrected chi connectivity index (χ4v) is 4.35. The highest BCUT2D eigenvalue weighted by Crippen LogP contribution is 2.27. The predicted molar refractivity (Wildman–Crippen MR) is 129 cm³/mol. The van der Waals surface area contributed by atoms with Crippen molar-refractivity contribution >= 4 is 61.7 Å². The molecule has 0 aliphatic rings. The molecule has 0 unspecified atom stereocenters. The number of sulfone groups is 1. The van der Waals surface area contributed by atoms with Gasteiger partial charge in [-0.1, -0.05) is 41.4 Å². The second-order valence-electron chi connectivity index (χ2n) is 6.60. The van der Waals surface area contributed by atoms with E-state index < -0.39 is 20.9 Å². The summed E-state index contributed by atoms with van der Waals surface area (Å²) >= 11 is 13.0. The molecule has 0 saturated carbocycles. The molecule has 13 heteroatoms. The van der Waals surface area contributed by atoms with E-state index in [1.807, 2.05) is 6.07 Å². The number of benzene rings is 2. The molecule has 0 spiro atoms. The summed E-state index contributed by atoms with van der Waals surface area (Å²) in [5, 5.41) is 12.0. The van der Waals surface area contributed by atoms with Gasteiger partial charge in [-0.15, -0.1) is 0 Å². The maximum absolute atomic E-state index is 12.4. The van der Waals surface area contributed by atoms with Crippen LogP contribution in [0.15, 0.2) is 53.2 Å². The molecule has 0 aliphatic carbocycles. The van der Waals surface area contributed by atoms with E-state index in [0.29, 0.717) is 33.6 Å². The number of nitriles is 1. The Morgan fingerprint density at radius 2 is 1.82 bits per heavy atom. The van der Waals surface area contributed by atoms with Crippen molar-refractivity contribution in [2.24, 2.45) is 0 Å². The van der Waals surface area contributed by atoms with E-state index >= 15 is 0 Å². The number of amides is 1. The van der Waals surface area contributed by atoms with Crippen LogP contribution >= 0.6 is 34.7 Å². The molecule has 0 saturated heterocycles. The van der Waals surface area contributed by atoms with Crippen LogP contribution in [-0.2, 0) is 14.6 Å². The Hall–Kier alpha value is -3.17. The standard InChI is InChI=1S/C21H16Cl2N4O5S2/c1-34(29,30)21-26-20(33-27-21)25-19(28)14(12-24)10-13-6-7-18(16(23)11-13)32-9-8-31-17-5-3-2-4-15(17)22/h2-7,10-11H,8-9H2,1H3,(H,25,26,27,28)/b14-10-. The van der Waals surface area contributed by atoms with Crippen LogP contribution in [0.5, 0.6) is 11.5 Å². The molecule has 176 valence electrons. The molecule has 3 aromatic rings. The number of hydrogen-bond acceptors (Lipinski definition) is 9. The number of nitrogens with one attached hydrogen (secondary N) is 1. The molecule has 1 N–H and O–H groups in total. The van der Waals surface area contributed by atoms with Gasteiger partial charge in [-0.05, 0) is 35.9 Å². The van der Waals surface area contributed by atoms with Crippen molar-refractivity contribution in [3.05, 3.63) is 63.6 Å². The van der Waals surface area contributed by atoms with Gasteiger partial charge in [-0.3, -0.25) is 10.1 Å². The summed E-state index contributed by atoms with van der Waals surface area (Å²) < 4.78 is 37.7. The molecule has 1 heterocycles. The molecular formula is C21H16Cl2N4O5S2. The van der Waals surface area contributed by atoms with Crippen molar-refractivity contribution in [2.75, 3.05) is 24.8 Å². The lowest BCUT2D eigenvalue weighted by atomic mass is 10.1. The van der Waals surface area contributed by atoms with E-state index in [1.165, 1.54) is 12.1 Å². The lowest BCUT2D eigenvalue weighted by Crippen LogP contribution is -2.13. The first kappa shape index (κ1) is 25.5. The predicted octanol–water partition coefficient (Wildman–Crippen LogP) is 4.25. The third-order valence-electron chi connectivity index (χ3n) is 4.03.